The highest BCUT2D eigenvalue weighted by atomic mass is 19.1. The van der Waals surface area contributed by atoms with Crippen molar-refractivity contribution in [2.75, 3.05) is 6.61 Å². The summed E-state index contributed by atoms with van der Waals surface area (Å²) in [5.74, 6) is 0.0628. The Kier molecular flexibility index (Phi) is 5.33. The average Bonchev–Trinajstić information content (AvgIpc) is 2.30. The van der Waals surface area contributed by atoms with Gasteiger partial charge in [0.25, 0.3) is 0 Å². The van der Waals surface area contributed by atoms with Gasteiger partial charge in [-0.15, -0.1) is 0 Å². The summed E-state index contributed by atoms with van der Waals surface area (Å²) in [6.07, 6.45) is 0.417. The van der Waals surface area contributed by atoms with E-state index in [-0.39, 0.29) is 17.9 Å². The molecule has 0 fully saturated rings. The molecule has 0 N–H and O–H groups in total. The molecule has 1 aromatic carbocycles. The number of carbonyl (C=O) groups is 1. The van der Waals surface area contributed by atoms with E-state index < -0.39 is 5.41 Å². The lowest BCUT2D eigenvalue weighted by molar-refractivity contribution is -0.158. The minimum atomic E-state index is -0.593. The van der Waals surface area contributed by atoms with Gasteiger partial charge in [-0.2, -0.15) is 0 Å². The van der Waals surface area contributed by atoms with Crippen molar-refractivity contribution in [2.24, 2.45) is 5.41 Å². The van der Waals surface area contributed by atoms with Crippen molar-refractivity contribution in [3.63, 3.8) is 0 Å². The fourth-order valence-corrected chi connectivity index (χ4v) is 1.43. The van der Waals surface area contributed by atoms with Gasteiger partial charge in [0, 0.05) is 0 Å². The van der Waals surface area contributed by atoms with E-state index in [1.807, 2.05) is 27.7 Å². The zero-order chi connectivity index (χ0) is 14.5. The number of carbonyl (C=O) groups excluding carboxylic acids is 1. The second-order valence-corrected chi connectivity index (χ2v) is 5.39. The first kappa shape index (κ1) is 15.5. The maximum absolute atomic E-state index is 12.7. The third-order valence-corrected chi connectivity index (χ3v) is 2.70. The van der Waals surface area contributed by atoms with Crippen molar-refractivity contribution in [2.45, 2.75) is 40.2 Å². The standard InChI is InChI=1S/C15H21FO3/c1-11(2)19-14(17)15(3,4)9-10-18-13-7-5-12(16)6-8-13/h5-8,11H,9-10H2,1-4H3. The van der Waals surface area contributed by atoms with Crippen LogP contribution in [0.25, 0.3) is 0 Å². The molecule has 0 saturated carbocycles. The van der Waals surface area contributed by atoms with Crippen molar-refractivity contribution < 1.29 is 18.7 Å². The van der Waals surface area contributed by atoms with Crippen molar-refractivity contribution in [1.29, 1.82) is 0 Å². The van der Waals surface area contributed by atoms with Crippen LogP contribution in [0.3, 0.4) is 0 Å². The lowest BCUT2D eigenvalue weighted by Gasteiger charge is -2.23. The number of rotatable bonds is 6. The monoisotopic (exact) mass is 268 g/mol. The largest absolute Gasteiger partial charge is 0.494 e. The van der Waals surface area contributed by atoms with Crippen LogP contribution in [0.1, 0.15) is 34.1 Å². The molecule has 1 aromatic rings. The fourth-order valence-electron chi connectivity index (χ4n) is 1.43. The van der Waals surface area contributed by atoms with Crippen LogP contribution in [-0.4, -0.2) is 18.7 Å². The molecule has 0 radical (unpaired) electrons. The highest BCUT2D eigenvalue weighted by Gasteiger charge is 2.29. The van der Waals surface area contributed by atoms with E-state index in [0.717, 1.165) is 0 Å². The lowest BCUT2D eigenvalue weighted by Crippen LogP contribution is -2.30. The molecule has 0 spiro atoms. The van der Waals surface area contributed by atoms with Gasteiger partial charge in [-0.1, -0.05) is 0 Å². The predicted octanol–water partition coefficient (Wildman–Crippen LogP) is 3.57. The van der Waals surface area contributed by atoms with Crippen molar-refractivity contribution in [3.05, 3.63) is 30.1 Å². The minimum absolute atomic E-state index is 0.121. The van der Waals surface area contributed by atoms with E-state index in [0.29, 0.717) is 18.8 Å². The van der Waals surface area contributed by atoms with Crippen LogP contribution in [0.2, 0.25) is 0 Å². The number of halogens is 1. The Balaban J connectivity index is 2.42. The van der Waals surface area contributed by atoms with Gasteiger partial charge in [-0.25, -0.2) is 4.39 Å². The van der Waals surface area contributed by atoms with E-state index in [9.17, 15) is 9.18 Å². The van der Waals surface area contributed by atoms with E-state index in [1.54, 1.807) is 12.1 Å². The molecule has 3 nitrogen and oxygen atoms in total. The van der Waals surface area contributed by atoms with Gasteiger partial charge in [-0.05, 0) is 58.4 Å². The average molecular weight is 268 g/mol. The van der Waals surface area contributed by atoms with Crippen molar-refractivity contribution in [1.82, 2.24) is 0 Å². The highest BCUT2D eigenvalue weighted by molar-refractivity contribution is 5.76. The summed E-state index contributed by atoms with van der Waals surface area (Å²) in [7, 11) is 0. The Hall–Kier alpha value is -1.58. The molecule has 0 saturated heterocycles. The highest BCUT2D eigenvalue weighted by Crippen LogP contribution is 2.23. The number of hydrogen-bond donors (Lipinski definition) is 0. The quantitative estimate of drug-likeness (QED) is 0.740. The van der Waals surface area contributed by atoms with Crippen LogP contribution >= 0.6 is 0 Å². The molecule has 0 atom stereocenters. The molecule has 0 aliphatic carbocycles. The van der Waals surface area contributed by atoms with Crippen molar-refractivity contribution in [3.8, 4) is 5.75 Å². The van der Waals surface area contributed by atoms with E-state index in [2.05, 4.69) is 0 Å². The van der Waals surface area contributed by atoms with Crippen LogP contribution < -0.4 is 4.74 Å². The predicted molar refractivity (Wildman–Crippen MR) is 71.5 cm³/mol. The van der Waals surface area contributed by atoms with Gasteiger partial charge in [-0.3, -0.25) is 4.79 Å². The molecule has 0 unspecified atom stereocenters. The Morgan fingerprint density at radius 3 is 2.37 bits per heavy atom. The second-order valence-electron chi connectivity index (χ2n) is 5.39. The third kappa shape index (κ3) is 5.28. The van der Waals surface area contributed by atoms with Crippen LogP contribution in [0.5, 0.6) is 5.75 Å². The summed E-state index contributed by atoms with van der Waals surface area (Å²) in [5, 5.41) is 0. The summed E-state index contributed by atoms with van der Waals surface area (Å²) in [6, 6.07) is 5.81. The first-order chi connectivity index (χ1) is 8.81. The summed E-state index contributed by atoms with van der Waals surface area (Å²) >= 11 is 0. The Bertz CT molecular complexity index is 410. The van der Waals surface area contributed by atoms with Gasteiger partial charge >= 0.3 is 5.97 Å². The van der Waals surface area contributed by atoms with Crippen LogP contribution in [0.4, 0.5) is 4.39 Å². The molecule has 0 bridgehead atoms. The SMILES string of the molecule is CC(C)OC(=O)C(C)(C)CCOc1ccc(F)cc1. The normalized spacial score (nSPS) is 11.5. The van der Waals surface area contributed by atoms with E-state index in [1.165, 1.54) is 12.1 Å². The molecular weight excluding hydrogens is 247 g/mol. The minimum Gasteiger partial charge on any atom is -0.494 e. The van der Waals surface area contributed by atoms with Crippen LogP contribution in [0, 0.1) is 11.2 Å². The smallest absolute Gasteiger partial charge is 0.311 e. The summed E-state index contributed by atoms with van der Waals surface area (Å²) < 4.78 is 23.4. The first-order valence-electron chi connectivity index (χ1n) is 6.41. The molecule has 0 heterocycles. The molecule has 1 rings (SSSR count). The number of hydrogen-bond acceptors (Lipinski definition) is 3. The third-order valence-electron chi connectivity index (χ3n) is 2.70. The Labute approximate surface area is 113 Å². The molecule has 19 heavy (non-hydrogen) atoms. The molecule has 0 aliphatic rings. The second kappa shape index (κ2) is 6.55. The van der Waals surface area contributed by atoms with Gasteiger partial charge in [0.15, 0.2) is 0 Å². The number of ether oxygens (including phenoxy) is 2. The van der Waals surface area contributed by atoms with Gasteiger partial charge in [0.05, 0.1) is 18.1 Å². The van der Waals surface area contributed by atoms with Gasteiger partial charge < -0.3 is 9.47 Å². The summed E-state index contributed by atoms with van der Waals surface area (Å²) in [5.41, 5.74) is -0.593. The van der Waals surface area contributed by atoms with Crippen LogP contribution in [-0.2, 0) is 9.53 Å². The first-order valence-corrected chi connectivity index (χ1v) is 6.41. The van der Waals surface area contributed by atoms with E-state index >= 15 is 0 Å². The maximum atomic E-state index is 12.7. The summed E-state index contributed by atoms with van der Waals surface area (Å²) in [4.78, 5) is 11.8. The number of esters is 1. The Morgan fingerprint density at radius 1 is 1.26 bits per heavy atom. The van der Waals surface area contributed by atoms with Crippen molar-refractivity contribution >= 4 is 5.97 Å². The van der Waals surface area contributed by atoms with Crippen LogP contribution in [0.15, 0.2) is 24.3 Å². The Morgan fingerprint density at radius 2 is 1.84 bits per heavy atom. The molecule has 106 valence electrons. The zero-order valence-electron chi connectivity index (χ0n) is 11.9. The fraction of sp³-hybridized carbons (Fsp3) is 0.533. The van der Waals surface area contributed by atoms with Gasteiger partial charge in [0.2, 0.25) is 0 Å². The maximum Gasteiger partial charge on any atom is 0.311 e. The molecule has 0 aliphatic heterocycles. The zero-order valence-corrected chi connectivity index (χ0v) is 11.9. The molecular formula is C15H21FO3. The lowest BCUT2D eigenvalue weighted by atomic mass is 9.90. The topological polar surface area (TPSA) is 35.5 Å². The molecule has 0 amide bonds. The van der Waals surface area contributed by atoms with Gasteiger partial charge in [0.1, 0.15) is 11.6 Å². The molecule has 4 heteroatoms. The van der Waals surface area contributed by atoms with E-state index in [4.69, 9.17) is 9.47 Å². The number of benzene rings is 1. The molecule has 0 aromatic heterocycles. The summed E-state index contributed by atoms with van der Waals surface area (Å²) in [6.45, 7) is 7.68.